The summed E-state index contributed by atoms with van der Waals surface area (Å²) in [6.45, 7) is 3.04. The molecule has 9 rings (SSSR count). The molecule has 2 unspecified atom stereocenters. The minimum absolute atomic E-state index is 0.606. The summed E-state index contributed by atoms with van der Waals surface area (Å²) in [4.78, 5) is 0. The van der Waals surface area contributed by atoms with Gasteiger partial charge in [0.25, 0.3) is 11.7 Å². The molecule has 0 saturated carbocycles. The molecule has 0 heterocycles. The van der Waals surface area contributed by atoms with Crippen molar-refractivity contribution in [1.82, 2.24) is 0 Å². The smallest absolute Gasteiger partial charge is 0.207 e. The van der Waals surface area contributed by atoms with Crippen molar-refractivity contribution in [3.8, 4) is 0 Å². The fraction of sp³-hybridized carbons (Fsp3) is 0.0690. The molecule has 0 nitrogen and oxygen atoms in total. The van der Waals surface area contributed by atoms with E-state index < -0.39 is 270 Å². The van der Waals surface area contributed by atoms with E-state index in [0.717, 1.165) is 62.6 Å². The third-order valence-electron chi connectivity index (χ3n) is 16.8. The van der Waals surface area contributed by atoms with E-state index in [1.54, 1.807) is 0 Å². The van der Waals surface area contributed by atoms with Crippen molar-refractivity contribution in [2.75, 3.05) is 0 Å². The average Bonchev–Trinajstić information content (AvgIpc) is 0.686. The van der Waals surface area contributed by atoms with Crippen molar-refractivity contribution in [2.24, 2.45) is 0 Å². The van der Waals surface area contributed by atoms with Crippen LogP contribution in [0.4, 0.5) is 132 Å². The third kappa shape index (κ3) is 9.96. The molecule has 0 aliphatic rings. The van der Waals surface area contributed by atoms with Crippen LogP contribution in [0.25, 0.3) is 0 Å². The van der Waals surface area contributed by atoms with Crippen molar-refractivity contribution < 1.29 is 132 Å². The van der Waals surface area contributed by atoms with E-state index in [-0.39, 0.29) is 0 Å². The number of hydrogen-bond donors (Lipinski definition) is 0. The summed E-state index contributed by atoms with van der Waals surface area (Å²) in [6.07, 6.45) is 0. The van der Waals surface area contributed by atoms with E-state index in [9.17, 15) is 0 Å². The number of halogens is 30. The lowest BCUT2D eigenvalue weighted by Gasteiger charge is -2.49. The maximum absolute atomic E-state index is 17.2. The molecule has 0 fully saturated rings. The second kappa shape index (κ2) is 24.8. The number of benzene rings is 9. The monoisotopic (exact) mass is 1430 g/mol. The quantitative estimate of drug-likeness (QED) is 0.0335. The zero-order chi connectivity index (χ0) is 70.1. The fourth-order valence-corrected chi connectivity index (χ4v) is 41.8. The van der Waals surface area contributed by atoms with Gasteiger partial charge in [-0.2, -0.15) is 0 Å². The zero-order valence-electron chi connectivity index (χ0n) is 46.6. The minimum atomic E-state index is -6.43. The van der Waals surface area contributed by atoms with E-state index in [1.165, 1.54) is 0 Å². The van der Waals surface area contributed by atoms with Gasteiger partial charge in [0.05, 0.1) is 0 Å². The normalized spacial score (nSPS) is 13.1. The van der Waals surface area contributed by atoms with Crippen molar-refractivity contribution in [2.45, 2.75) is 26.2 Å². The molecule has 0 bridgehead atoms. The SMILES string of the molecule is C[Si](C)(c1ccc([Si](C)(C)[PH+](c2ccccc2)[B-](c2c(F)c(F)c(F)c(F)c2F)(c2c(F)c(F)c(F)c(F)c2F)c2c(F)c(F)c(F)c(F)c2F)cc1)[PH+](c1ccccc1)[B-](c1c(F)c(F)c(F)c(F)c1F)(c1c(F)c(F)c(F)c(F)c1F)c1c(F)c(F)c(F)c(F)c1F. The second-order valence-electron chi connectivity index (χ2n) is 22.0. The molecule has 0 amide bonds. The highest BCUT2D eigenvalue weighted by molar-refractivity contribution is 8.28. The molecule has 0 spiro atoms. The molecule has 2 atom stereocenters. The Morgan fingerprint density at radius 3 is 0.457 bits per heavy atom. The molecule has 494 valence electrons. The van der Waals surface area contributed by atoms with Crippen LogP contribution in [0.1, 0.15) is 0 Å². The topological polar surface area (TPSA) is 0 Å². The molecular weight excluding hydrogens is 1410 g/mol. The summed E-state index contributed by atoms with van der Waals surface area (Å²) in [5, 5.41) is -3.33. The molecule has 36 heteroatoms. The van der Waals surface area contributed by atoms with Crippen molar-refractivity contribution in [3.05, 3.63) is 259 Å². The summed E-state index contributed by atoms with van der Waals surface area (Å²) in [5.74, 6) is -113. The standard InChI is InChI=1S/C58H28B2F30P2Si2/c1-93(2,91(19-11-7-5-8-12-19)59(23-29(61)41(73)53(85)42(74)30(23)62,24-31(63)43(75)54(86)44(76)32(24)64)25-33(65)45(77)55(87)46(78)34(25)66)21-15-17-22(18-16-21)94(3,4)92(20-13-9-6-10-14-20)60(26-35(67)47(79)56(88)48(80)36(26)68,27-37(69)49(81)57(89)50(82)38(27)70)28-39(71)51(83)58(90)52(84)40(28)72/h5-18,91-92H,1-4H3. The number of rotatable bonds is 14. The van der Waals surface area contributed by atoms with Gasteiger partial charge in [0.1, 0.15) is 69.8 Å². The molecule has 9 aromatic carbocycles. The van der Waals surface area contributed by atoms with Crippen molar-refractivity contribution >= 4 is 95.7 Å². The van der Waals surface area contributed by atoms with Crippen LogP contribution in [0.3, 0.4) is 0 Å². The lowest BCUT2D eigenvalue weighted by Crippen LogP contribution is -2.76. The first-order chi connectivity index (χ1) is 43.7. The Labute approximate surface area is 511 Å². The molecule has 0 N–H and O–H groups in total. The predicted octanol–water partition coefficient (Wildman–Crippen LogP) is 13.1. The first kappa shape index (κ1) is 70.6. The molecule has 94 heavy (non-hydrogen) atoms. The van der Waals surface area contributed by atoms with E-state index >= 15 is 132 Å². The highest BCUT2D eigenvalue weighted by Gasteiger charge is 2.65. The summed E-state index contributed by atoms with van der Waals surface area (Å²) in [6, 6.07) is 10.4. The first-order valence-electron chi connectivity index (χ1n) is 26.1. The van der Waals surface area contributed by atoms with Gasteiger partial charge >= 0.3 is 0 Å². The highest BCUT2D eigenvalue weighted by Crippen LogP contribution is 2.58. The molecule has 9 aromatic rings. The van der Waals surface area contributed by atoms with Gasteiger partial charge in [-0.15, -0.1) is 14.7 Å². The third-order valence-corrected chi connectivity index (χ3v) is 42.5. The Kier molecular flexibility index (Phi) is 18.6. The minimum Gasteiger partial charge on any atom is -0.207 e. The zero-order valence-corrected chi connectivity index (χ0v) is 50.6. The molecule has 0 aromatic heterocycles. The summed E-state index contributed by atoms with van der Waals surface area (Å²) in [7, 11) is -21.0. The van der Waals surface area contributed by atoms with E-state index in [1.807, 2.05) is 0 Å². The molecular formula is C58H28B2F30P2Si2. The van der Waals surface area contributed by atoms with Crippen molar-refractivity contribution in [1.29, 1.82) is 0 Å². The lowest BCUT2D eigenvalue weighted by atomic mass is 9.33. The van der Waals surface area contributed by atoms with Gasteiger partial charge in [-0.05, 0) is 60.8 Å². The fourth-order valence-electron chi connectivity index (χ4n) is 12.9. The van der Waals surface area contributed by atoms with E-state index in [4.69, 9.17) is 0 Å². The largest absolute Gasteiger partial charge is 0.255 e. The van der Waals surface area contributed by atoms with Crippen LogP contribution in [-0.2, 0) is 0 Å². The lowest BCUT2D eigenvalue weighted by molar-refractivity contribution is 0.380. The molecule has 0 aliphatic heterocycles. The Morgan fingerprint density at radius 2 is 0.319 bits per heavy atom. The van der Waals surface area contributed by atoms with Crippen LogP contribution in [0.15, 0.2) is 84.9 Å². The van der Waals surface area contributed by atoms with Gasteiger partial charge < -0.3 is 0 Å². The van der Waals surface area contributed by atoms with Crippen LogP contribution >= 0.6 is 14.7 Å². The highest BCUT2D eigenvalue weighted by atomic mass is 31.4. The first-order valence-corrected chi connectivity index (χ1v) is 37.3. The van der Waals surface area contributed by atoms with Crippen LogP contribution in [-0.4, -0.2) is 27.2 Å². The van der Waals surface area contributed by atoms with Crippen LogP contribution < -0.4 is 53.8 Å². The van der Waals surface area contributed by atoms with E-state index in [0.29, 0.717) is 48.5 Å². The summed E-state index contributed by atoms with van der Waals surface area (Å²) >= 11 is 0. The molecule has 0 saturated heterocycles. The number of hydrogen-bond acceptors (Lipinski definition) is 0. The maximum atomic E-state index is 17.2. The Balaban J connectivity index is 1.50. The second-order valence-corrected chi connectivity index (χ2v) is 44.9. The summed E-state index contributed by atoms with van der Waals surface area (Å²) < 4.78 is 490. The van der Waals surface area contributed by atoms with Gasteiger partial charge in [-0.25, -0.2) is 132 Å². The molecule has 0 aliphatic carbocycles. The summed E-state index contributed by atoms with van der Waals surface area (Å²) in [5.41, 5.74) is -17.9. The van der Waals surface area contributed by atoms with Gasteiger partial charge in [0.15, 0.2) is 105 Å². The van der Waals surface area contributed by atoms with Crippen LogP contribution in [0, 0.1) is 175 Å². The molecule has 0 radical (unpaired) electrons. The van der Waals surface area contributed by atoms with Gasteiger partial charge in [0, 0.05) is 10.6 Å². The Morgan fingerprint density at radius 1 is 0.191 bits per heavy atom. The average molecular weight is 1430 g/mol. The van der Waals surface area contributed by atoms with Gasteiger partial charge in [-0.3, -0.25) is 0 Å². The maximum Gasteiger partial charge on any atom is 0.255 e. The van der Waals surface area contributed by atoms with Crippen molar-refractivity contribution in [3.63, 3.8) is 0 Å². The Bertz CT molecular complexity index is 3860. The van der Waals surface area contributed by atoms with Gasteiger partial charge in [-0.1, -0.05) is 93.4 Å². The van der Waals surface area contributed by atoms with Gasteiger partial charge in [0.2, 0.25) is 15.5 Å². The van der Waals surface area contributed by atoms with Crippen LogP contribution in [0.2, 0.25) is 26.2 Å². The van der Waals surface area contributed by atoms with Crippen LogP contribution in [0.5, 0.6) is 0 Å². The Hall–Kier alpha value is -7.70. The van der Waals surface area contributed by atoms with E-state index in [2.05, 4.69) is 0 Å². The predicted molar refractivity (Wildman–Crippen MR) is 296 cm³/mol.